The summed E-state index contributed by atoms with van der Waals surface area (Å²) in [4.78, 5) is 6.85. The van der Waals surface area contributed by atoms with Gasteiger partial charge in [0.15, 0.2) is 17.5 Å². The zero-order chi connectivity index (χ0) is 19.6. The van der Waals surface area contributed by atoms with Crippen LogP contribution >= 0.6 is 0 Å². The van der Waals surface area contributed by atoms with Gasteiger partial charge >= 0.3 is 0 Å². The van der Waals surface area contributed by atoms with Crippen molar-refractivity contribution in [3.8, 4) is 17.2 Å². The normalized spacial score (nSPS) is 11.1. The van der Waals surface area contributed by atoms with E-state index in [9.17, 15) is 0 Å². The number of ether oxygens (including phenoxy) is 3. The monoisotopic (exact) mass is 371 g/mol. The highest BCUT2D eigenvalue weighted by atomic mass is 16.5. The highest BCUT2D eigenvalue weighted by Gasteiger charge is 2.10. The Morgan fingerprint density at radius 1 is 0.963 bits per heavy atom. The van der Waals surface area contributed by atoms with Gasteiger partial charge in [0.05, 0.1) is 27.9 Å². The lowest BCUT2D eigenvalue weighted by atomic mass is 10.2. The Kier molecular flexibility index (Phi) is 7.79. The number of methoxy groups -OCH3 is 3. The average Bonchev–Trinajstić information content (AvgIpc) is 2.71. The van der Waals surface area contributed by atoms with E-state index in [1.54, 1.807) is 21.3 Å². The molecule has 2 aromatic rings. The minimum Gasteiger partial charge on any atom is -0.496 e. The molecule has 0 saturated heterocycles. The van der Waals surface area contributed by atoms with Gasteiger partial charge in [-0.2, -0.15) is 0 Å². The number of benzene rings is 2. The van der Waals surface area contributed by atoms with Crippen LogP contribution in [0.3, 0.4) is 0 Å². The Morgan fingerprint density at radius 3 is 2.33 bits per heavy atom. The summed E-state index contributed by atoms with van der Waals surface area (Å²) in [5, 5.41) is 3.34. The molecule has 0 aliphatic rings. The molecule has 0 atom stereocenters. The van der Waals surface area contributed by atoms with Gasteiger partial charge < -0.3 is 24.4 Å². The summed E-state index contributed by atoms with van der Waals surface area (Å²) in [6, 6.07) is 13.9. The molecule has 1 N–H and O–H groups in total. The minimum absolute atomic E-state index is 0.541. The van der Waals surface area contributed by atoms with Gasteiger partial charge in [0, 0.05) is 25.7 Å². The molecule has 27 heavy (non-hydrogen) atoms. The second-order valence-corrected chi connectivity index (χ2v) is 6.03. The van der Waals surface area contributed by atoms with Gasteiger partial charge in [-0.1, -0.05) is 24.3 Å². The first kappa shape index (κ1) is 20.4. The molecule has 0 radical (unpaired) electrons. The van der Waals surface area contributed by atoms with E-state index in [2.05, 4.69) is 23.2 Å². The van der Waals surface area contributed by atoms with Crippen LogP contribution in [0.5, 0.6) is 17.2 Å². The van der Waals surface area contributed by atoms with Gasteiger partial charge in [-0.25, -0.2) is 4.99 Å². The molecule has 0 amide bonds. The van der Waals surface area contributed by atoms with Crippen molar-refractivity contribution in [1.82, 2.24) is 10.2 Å². The van der Waals surface area contributed by atoms with E-state index < -0.39 is 0 Å². The van der Waals surface area contributed by atoms with Crippen molar-refractivity contribution < 1.29 is 14.2 Å². The predicted molar refractivity (Wildman–Crippen MR) is 109 cm³/mol. The Morgan fingerprint density at radius 2 is 1.67 bits per heavy atom. The number of rotatable bonds is 8. The lowest BCUT2D eigenvalue weighted by Gasteiger charge is -2.23. The summed E-state index contributed by atoms with van der Waals surface area (Å²) >= 11 is 0. The van der Waals surface area contributed by atoms with E-state index in [0.717, 1.165) is 29.4 Å². The van der Waals surface area contributed by atoms with Crippen LogP contribution in [0.15, 0.2) is 47.5 Å². The molecule has 0 aliphatic heterocycles. The van der Waals surface area contributed by atoms with E-state index in [4.69, 9.17) is 19.2 Å². The maximum atomic E-state index is 5.45. The second-order valence-electron chi connectivity index (χ2n) is 6.03. The van der Waals surface area contributed by atoms with E-state index in [1.807, 2.05) is 43.4 Å². The molecule has 2 rings (SSSR count). The molecule has 146 valence electrons. The third-order valence-corrected chi connectivity index (χ3v) is 4.16. The molecular formula is C21H29N3O3. The summed E-state index contributed by atoms with van der Waals surface area (Å²) in [6.45, 7) is 4.09. The molecule has 6 nitrogen and oxygen atoms in total. The van der Waals surface area contributed by atoms with Crippen molar-refractivity contribution in [3.05, 3.63) is 53.6 Å². The van der Waals surface area contributed by atoms with Crippen LogP contribution in [-0.2, 0) is 13.1 Å². The van der Waals surface area contributed by atoms with Crippen LogP contribution in [0.2, 0.25) is 0 Å². The predicted octanol–water partition coefficient (Wildman–Crippen LogP) is 3.31. The maximum Gasteiger partial charge on any atom is 0.194 e. The Balaban J connectivity index is 2.15. The van der Waals surface area contributed by atoms with Gasteiger partial charge in [0.25, 0.3) is 0 Å². The fourth-order valence-electron chi connectivity index (χ4n) is 2.78. The largest absolute Gasteiger partial charge is 0.496 e. The Labute approximate surface area is 161 Å². The molecule has 0 heterocycles. The standard InChI is InChI=1S/C21H29N3O3/c1-6-22-21(24(2)15-17-9-7-8-10-18(17)25-3)23-14-16-11-12-19(26-4)20(13-16)27-5/h7-13H,6,14-15H2,1-5H3,(H,22,23). The van der Waals surface area contributed by atoms with Gasteiger partial charge in [0.1, 0.15) is 5.75 Å². The molecule has 6 heteroatoms. The van der Waals surface area contributed by atoms with Crippen molar-refractivity contribution in [2.45, 2.75) is 20.0 Å². The fourth-order valence-corrected chi connectivity index (χ4v) is 2.78. The molecule has 0 aromatic heterocycles. The smallest absolute Gasteiger partial charge is 0.194 e. The lowest BCUT2D eigenvalue weighted by Crippen LogP contribution is -2.38. The average molecular weight is 371 g/mol. The molecule has 0 unspecified atom stereocenters. The Bertz CT molecular complexity index is 762. The summed E-state index contributed by atoms with van der Waals surface area (Å²) in [5.41, 5.74) is 2.16. The van der Waals surface area contributed by atoms with Crippen molar-refractivity contribution in [2.24, 2.45) is 4.99 Å². The van der Waals surface area contributed by atoms with Gasteiger partial charge in [0.2, 0.25) is 0 Å². The first-order valence-corrected chi connectivity index (χ1v) is 8.95. The molecule has 0 bridgehead atoms. The van der Waals surface area contributed by atoms with Crippen LogP contribution in [0.4, 0.5) is 0 Å². The third kappa shape index (κ3) is 5.54. The SMILES string of the molecule is CCNC(=NCc1ccc(OC)c(OC)c1)N(C)Cc1ccccc1OC. The molecule has 0 saturated carbocycles. The molecule has 2 aromatic carbocycles. The summed E-state index contributed by atoms with van der Waals surface area (Å²) in [6.07, 6.45) is 0. The van der Waals surface area contributed by atoms with Crippen molar-refractivity contribution in [1.29, 1.82) is 0 Å². The number of hydrogen-bond donors (Lipinski definition) is 1. The van der Waals surface area contributed by atoms with E-state index >= 15 is 0 Å². The highest BCUT2D eigenvalue weighted by molar-refractivity contribution is 5.79. The van der Waals surface area contributed by atoms with Gasteiger partial charge in [-0.05, 0) is 30.7 Å². The number of para-hydroxylation sites is 1. The van der Waals surface area contributed by atoms with Crippen molar-refractivity contribution >= 4 is 5.96 Å². The van der Waals surface area contributed by atoms with Crippen LogP contribution in [-0.4, -0.2) is 45.8 Å². The summed E-state index contributed by atoms with van der Waals surface area (Å²) in [5.74, 6) is 3.13. The molecule has 0 spiro atoms. The highest BCUT2D eigenvalue weighted by Crippen LogP contribution is 2.27. The van der Waals surface area contributed by atoms with Crippen LogP contribution < -0.4 is 19.5 Å². The third-order valence-electron chi connectivity index (χ3n) is 4.16. The number of hydrogen-bond acceptors (Lipinski definition) is 4. The number of aliphatic imine (C=N–C) groups is 1. The first-order valence-electron chi connectivity index (χ1n) is 8.95. The molecule has 0 fully saturated rings. The quantitative estimate of drug-likeness (QED) is 0.570. The number of nitrogens with zero attached hydrogens (tertiary/aromatic N) is 2. The maximum absolute atomic E-state index is 5.45. The van der Waals surface area contributed by atoms with Gasteiger partial charge in [-0.15, -0.1) is 0 Å². The van der Waals surface area contributed by atoms with E-state index in [-0.39, 0.29) is 0 Å². The van der Waals surface area contributed by atoms with Crippen molar-refractivity contribution in [2.75, 3.05) is 34.9 Å². The lowest BCUT2D eigenvalue weighted by molar-refractivity contribution is 0.354. The number of guanidine groups is 1. The van der Waals surface area contributed by atoms with Crippen LogP contribution in [0.25, 0.3) is 0 Å². The second kappa shape index (κ2) is 10.3. The molecule has 0 aliphatic carbocycles. The van der Waals surface area contributed by atoms with Crippen LogP contribution in [0, 0.1) is 0 Å². The summed E-state index contributed by atoms with van der Waals surface area (Å²) < 4.78 is 16.1. The van der Waals surface area contributed by atoms with Gasteiger partial charge in [-0.3, -0.25) is 0 Å². The molecular weight excluding hydrogens is 342 g/mol. The fraction of sp³-hybridized carbons (Fsp3) is 0.381. The zero-order valence-corrected chi connectivity index (χ0v) is 16.8. The summed E-state index contributed by atoms with van der Waals surface area (Å²) in [7, 11) is 6.97. The first-order chi connectivity index (χ1) is 13.1. The zero-order valence-electron chi connectivity index (χ0n) is 16.8. The van der Waals surface area contributed by atoms with E-state index in [1.165, 1.54) is 0 Å². The van der Waals surface area contributed by atoms with Crippen LogP contribution in [0.1, 0.15) is 18.1 Å². The van der Waals surface area contributed by atoms with Crippen molar-refractivity contribution in [3.63, 3.8) is 0 Å². The number of nitrogens with one attached hydrogen (secondary N) is 1. The van der Waals surface area contributed by atoms with E-state index in [0.29, 0.717) is 24.6 Å². The minimum atomic E-state index is 0.541. The Hall–Kier alpha value is -2.89. The topological polar surface area (TPSA) is 55.3 Å².